The van der Waals surface area contributed by atoms with Crippen LogP contribution in [-0.2, 0) is 13.5 Å². The van der Waals surface area contributed by atoms with Crippen LogP contribution < -0.4 is 9.30 Å². The first-order chi connectivity index (χ1) is 15.5. The molecule has 32 heavy (non-hydrogen) atoms. The van der Waals surface area contributed by atoms with E-state index >= 15 is 0 Å². The molecular weight excluding hydrogens is 390 g/mol. The summed E-state index contributed by atoms with van der Waals surface area (Å²) in [5.74, 6) is 3.35. The maximum atomic E-state index is 6.91. The summed E-state index contributed by atoms with van der Waals surface area (Å²) in [6.07, 6.45) is 8.54. The topological polar surface area (TPSA) is 13.1 Å². The molecule has 1 saturated carbocycles. The number of hydrogen-bond acceptors (Lipinski definition) is 1. The van der Waals surface area contributed by atoms with Crippen molar-refractivity contribution in [3.63, 3.8) is 0 Å². The maximum absolute atomic E-state index is 6.91. The third-order valence-corrected chi connectivity index (χ3v) is 7.64. The average Bonchev–Trinajstić information content (AvgIpc) is 3.33. The van der Waals surface area contributed by atoms with Gasteiger partial charge >= 0.3 is 0 Å². The first kappa shape index (κ1) is 19.8. The standard InChI is InChI=1S/C30H32NO/c1-18(2)15-25-24-12-8-7-11-23(24)19(3)27-29-28-21(13-14-31(29)4)16-22(20-9-5-6-10-20)17-26(28)32-30(25)27/h7-8,11-14,16-18,20H,5-6,9-10,15H2,1-4H3/q+1. The first-order valence-corrected chi connectivity index (χ1v) is 12.2. The van der Waals surface area contributed by atoms with E-state index in [1.54, 1.807) is 0 Å². The number of hydrogen-bond donors (Lipinski definition) is 0. The van der Waals surface area contributed by atoms with Gasteiger partial charge in [-0.15, -0.1) is 0 Å². The molecule has 6 rings (SSSR count). The average molecular weight is 423 g/mol. The van der Waals surface area contributed by atoms with Crippen LogP contribution in [0.5, 0.6) is 11.5 Å². The summed E-state index contributed by atoms with van der Waals surface area (Å²) in [6, 6.07) is 15.9. The van der Waals surface area contributed by atoms with Crippen molar-refractivity contribution in [2.75, 3.05) is 0 Å². The fourth-order valence-corrected chi connectivity index (χ4v) is 6.13. The number of pyridine rings is 1. The normalized spacial score (nSPS) is 15.5. The van der Waals surface area contributed by atoms with Gasteiger partial charge in [-0.25, -0.2) is 4.57 Å². The van der Waals surface area contributed by atoms with Crippen LogP contribution in [0.3, 0.4) is 0 Å². The highest BCUT2D eigenvalue weighted by Crippen LogP contribution is 2.52. The fourth-order valence-electron chi connectivity index (χ4n) is 6.13. The summed E-state index contributed by atoms with van der Waals surface area (Å²) >= 11 is 0. The van der Waals surface area contributed by atoms with E-state index in [1.807, 2.05) is 0 Å². The molecule has 4 aromatic rings. The summed E-state index contributed by atoms with van der Waals surface area (Å²) in [5, 5.41) is 5.25. The molecule has 0 N–H and O–H groups in total. The quantitative estimate of drug-likeness (QED) is 0.271. The Bertz CT molecular complexity index is 1380. The zero-order valence-corrected chi connectivity index (χ0v) is 19.7. The van der Waals surface area contributed by atoms with Crippen LogP contribution in [0.25, 0.3) is 32.8 Å². The van der Waals surface area contributed by atoms with Crippen molar-refractivity contribution >= 4 is 21.5 Å². The van der Waals surface area contributed by atoms with E-state index < -0.39 is 0 Å². The van der Waals surface area contributed by atoms with Gasteiger partial charge in [0.2, 0.25) is 5.69 Å². The van der Waals surface area contributed by atoms with Crippen molar-refractivity contribution in [3.8, 4) is 22.8 Å². The highest BCUT2D eigenvalue weighted by molar-refractivity contribution is 6.06. The number of aryl methyl sites for hydroxylation is 2. The molecule has 1 aromatic heterocycles. The summed E-state index contributed by atoms with van der Waals surface area (Å²) in [5.41, 5.74) is 6.69. The summed E-state index contributed by atoms with van der Waals surface area (Å²) in [7, 11) is 2.18. The van der Waals surface area contributed by atoms with Crippen molar-refractivity contribution in [1.29, 1.82) is 0 Å². The zero-order chi connectivity index (χ0) is 22.0. The second-order valence-corrected chi connectivity index (χ2v) is 10.3. The van der Waals surface area contributed by atoms with Crippen molar-refractivity contribution in [3.05, 3.63) is 65.4 Å². The molecule has 0 radical (unpaired) electrons. The summed E-state index contributed by atoms with van der Waals surface area (Å²) in [6.45, 7) is 6.87. The molecule has 0 saturated heterocycles. The number of fused-ring (bicyclic) bond motifs is 3. The number of ether oxygens (including phenoxy) is 1. The molecule has 2 heteroatoms. The van der Waals surface area contributed by atoms with E-state index in [0.29, 0.717) is 11.8 Å². The predicted molar refractivity (Wildman–Crippen MR) is 133 cm³/mol. The number of benzene rings is 3. The van der Waals surface area contributed by atoms with Crippen LogP contribution in [0.2, 0.25) is 0 Å². The van der Waals surface area contributed by atoms with Crippen molar-refractivity contribution in [1.82, 2.24) is 0 Å². The van der Waals surface area contributed by atoms with Gasteiger partial charge in [0, 0.05) is 11.6 Å². The minimum absolute atomic E-state index is 0.560. The second-order valence-electron chi connectivity index (χ2n) is 10.3. The molecule has 1 aliphatic carbocycles. The maximum Gasteiger partial charge on any atom is 0.228 e. The van der Waals surface area contributed by atoms with Gasteiger partial charge in [-0.2, -0.15) is 0 Å². The third kappa shape index (κ3) is 2.88. The lowest BCUT2D eigenvalue weighted by molar-refractivity contribution is -0.659. The fraction of sp³-hybridized carbons (Fsp3) is 0.367. The van der Waals surface area contributed by atoms with Gasteiger partial charge in [-0.3, -0.25) is 0 Å². The lowest BCUT2D eigenvalue weighted by Gasteiger charge is -2.26. The van der Waals surface area contributed by atoms with Crippen LogP contribution in [0.1, 0.15) is 62.1 Å². The van der Waals surface area contributed by atoms with E-state index in [0.717, 1.165) is 17.9 Å². The van der Waals surface area contributed by atoms with Gasteiger partial charge in [-0.05, 0) is 71.4 Å². The summed E-state index contributed by atoms with van der Waals surface area (Å²) < 4.78 is 9.21. The van der Waals surface area contributed by atoms with Crippen LogP contribution in [0.4, 0.5) is 0 Å². The molecule has 2 aliphatic rings. The molecule has 1 fully saturated rings. The summed E-state index contributed by atoms with van der Waals surface area (Å²) in [4.78, 5) is 0. The van der Waals surface area contributed by atoms with Crippen LogP contribution in [-0.4, -0.2) is 0 Å². The van der Waals surface area contributed by atoms with E-state index in [-0.39, 0.29) is 0 Å². The number of nitrogens with zero attached hydrogens (tertiary/aromatic N) is 1. The molecule has 2 heterocycles. The molecule has 1 aliphatic heterocycles. The second kappa shape index (κ2) is 7.33. The van der Waals surface area contributed by atoms with Crippen molar-refractivity contribution in [2.45, 2.75) is 58.8 Å². The number of rotatable bonds is 3. The molecule has 0 unspecified atom stereocenters. The predicted octanol–water partition coefficient (Wildman–Crippen LogP) is 7.75. The highest BCUT2D eigenvalue weighted by Gasteiger charge is 2.33. The lowest BCUT2D eigenvalue weighted by atomic mass is 9.85. The molecule has 0 atom stereocenters. The minimum Gasteiger partial charge on any atom is -0.455 e. The van der Waals surface area contributed by atoms with Gasteiger partial charge in [0.15, 0.2) is 6.20 Å². The molecule has 0 spiro atoms. The lowest BCUT2D eigenvalue weighted by Crippen LogP contribution is -2.32. The van der Waals surface area contributed by atoms with Crippen LogP contribution >= 0.6 is 0 Å². The van der Waals surface area contributed by atoms with Gasteiger partial charge in [0.05, 0.1) is 10.9 Å². The monoisotopic (exact) mass is 422 g/mol. The zero-order valence-electron chi connectivity index (χ0n) is 19.7. The Hall–Kier alpha value is -2.87. The Balaban J connectivity index is 1.71. The smallest absolute Gasteiger partial charge is 0.228 e. The van der Waals surface area contributed by atoms with Gasteiger partial charge in [0.25, 0.3) is 0 Å². The van der Waals surface area contributed by atoms with Gasteiger partial charge in [-0.1, -0.05) is 57.0 Å². The molecule has 0 bridgehead atoms. The molecule has 3 aromatic carbocycles. The Morgan fingerprint density at radius 2 is 1.78 bits per heavy atom. The highest BCUT2D eigenvalue weighted by atomic mass is 16.5. The van der Waals surface area contributed by atoms with Crippen LogP contribution in [0, 0.1) is 12.8 Å². The molecule has 2 nitrogen and oxygen atoms in total. The number of aromatic nitrogens is 1. The van der Waals surface area contributed by atoms with Gasteiger partial charge < -0.3 is 4.74 Å². The van der Waals surface area contributed by atoms with Gasteiger partial charge in [0.1, 0.15) is 18.5 Å². The van der Waals surface area contributed by atoms with Crippen molar-refractivity contribution in [2.24, 2.45) is 13.0 Å². The molecule has 0 amide bonds. The first-order valence-electron chi connectivity index (χ1n) is 12.2. The SMILES string of the molecule is Cc1c2c(c(CC(C)C)c3ccccc13)Oc1cc(C3CCCC3)cc3cc[n+](C)c-2c13. The minimum atomic E-state index is 0.560. The Kier molecular flexibility index (Phi) is 4.54. The van der Waals surface area contributed by atoms with E-state index in [2.05, 4.69) is 81.0 Å². The Labute approximate surface area is 190 Å². The molecular formula is C30H32NO+. The van der Waals surface area contributed by atoms with E-state index in [4.69, 9.17) is 4.74 Å². The Morgan fingerprint density at radius 3 is 2.53 bits per heavy atom. The van der Waals surface area contributed by atoms with Crippen molar-refractivity contribution < 1.29 is 9.30 Å². The molecule has 162 valence electrons. The third-order valence-electron chi connectivity index (χ3n) is 7.64. The van der Waals surface area contributed by atoms with E-state index in [1.165, 1.54) is 75.2 Å². The Morgan fingerprint density at radius 1 is 1.03 bits per heavy atom. The largest absolute Gasteiger partial charge is 0.455 e. The van der Waals surface area contributed by atoms with E-state index in [9.17, 15) is 0 Å². The van der Waals surface area contributed by atoms with Crippen LogP contribution in [0.15, 0.2) is 48.7 Å².